The highest BCUT2D eigenvalue weighted by Crippen LogP contribution is 2.32. The van der Waals surface area contributed by atoms with E-state index in [0.717, 1.165) is 30.7 Å². The van der Waals surface area contributed by atoms with Crippen LogP contribution in [-0.4, -0.2) is 60.6 Å². The average molecular weight is 251 g/mol. The van der Waals surface area contributed by atoms with Crippen molar-refractivity contribution in [2.24, 2.45) is 0 Å². The van der Waals surface area contributed by atoms with Crippen LogP contribution in [0.5, 0.6) is 0 Å². The Kier molecular flexibility index (Phi) is 3.92. The molecule has 0 spiro atoms. The lowest BCUT2D eigenvalue weighted by molar-refractivity contribution is 0.171. The van der Waals surface area contributed by atoms with Gasteiger partial charge >= 0.3 is 0 Å². The lowest BCUT2D eigenvalue weighted by atomic mass is 10.1. The summed E-state index contributed by atoms with van der Waals surface area (Å²) < 4.78 is 0. The lowest BCUT2D eigenvalue weighted by Crippen LogP contribution is -2.41. The van der Waals surface area contributed by atoms with Gasteiger partial charge in [0.15, 0.2) is 0 Å². The molecule has 4 unspecified atom stereocenters. The Labute approximate surface area is 112 Å². The van der Waals surface area contributed by atoms with Crippen molar-refractivity contribution >= 4 is 0 Å². The average Bonchev–Trinajstić information content (AvgIpc) is 2.87. The van der Waals surface area contributed by atoms with Gasteiger partial charge in [0, 0.05) is 30.7 Å². The smallest absolute Gasteiger partial charge is 0.0223 e. The van der Waals surface area contributed by atoms with Crippen LogP contribution < -0.4 is 5.32 Å². The number of nitrogens with zero attached hydrogens (tertiary/aromatic N) is 2. The maximum atomic E-state index is 3.63. The number of likely N-dealkylation sites (tertiary alicyclic amines) is 1. The van der Waals surface area contributed by atoms with Gasteiger partial charge < -0.3 is 5.32 Å². The van der Waals surface area contributed by atoms with Crippen molar-refractivity contribution in [2.45, 2.75) is 69.6 Å². The standard InChI is InChI=1S/C15H29N3/c1-3-16-12-4-5-14(10-12)18-9-8-13-6-7-15(11-18)17(13)2/h12-16H,3-11H2,1-2H3. The van der Waals surface area contributed by atoms with Crippen molar-refractivity contribution < 1.29 is 0 Å². The molecule has 0 amide bonds. The molecule has 18 heavy (non-hydrogen) atoms. The molecule has 4 atom stereocenters. The van der Waals surface area contributed by atoms with E-state index in [-0.39, 0.29) is 0 Å². The molecular weight excluding hydrogens is 222 g/mol. The Balaban J connectivity index is 1.57. The summed E-state index contributed by atoms with van der Waals surface area (Å²) >= 11 is 0. The van der Waals surface area contributed by atoms with Crippen LogP contribution in [0.4, 0.5) is 0 Å². The van der Waals surface area contributed by atoms with Gasteiger partial charge in [0.25, 0.3) is 0 Å². The summed E-state index contributed by atoms with van der Waals surface area (Å²) in [5.74, 6) is 0. The van der Waals surface area contributed by atoms with Crippen molar-refractivity contribution in [2.75, 3.05) is 26.7 Å². The van der Waals surface area contributed by atoms with E-state index >= 15 is 0 Å². The first-order valence-electron chi connectivity index (χ1n) is 7.97. The van der Waals surface area contributed by atoms with Gasteiger partial charge in [-0.3, -0.25) is 9.80 Å². The first-order chi connectivity index (χ1) is 8.78. The molecule has 0 aromatic carbocycles. The van der Waals surface area contributed by atoms with Gasteiger partial charge in [-0.2, -0.15) is 0 Å². The van der Waals surface area contributed by atoms with Crippen LogP contribution in [-0.2, 0) is 0 Å². The van der Waals surface area contributed by atoms with Crippen LogP contribution in [0.1, 0.15) is 45.4 Å². The minimum Gasteiger partial charge on any atom is -0.314 e. The van der Waals surface area contributed by atoms with Crippen LogP contribution in [0.25, 0.3) is 0 Å². The van der Waals surface area contributed by atoms with Crippen molar-refractivity contribution in [1.29, 1.82) is 0 Å². The van der Waals surface area contributed by atoms with Crippen LogP contribution in [0, 0.1) is 0 Å². The Bertz CT molecular complexity index is 281. The zero-order valence-electron chi connectivity index (χ0n) is 12.1. The molecule has 0 radical (unpaired) electrons. The summed E-state index contributed by atoms with van der Waals surface area (Å²) in [7, 11) is 2.35. The van der Waals surface area contributed by atoms with Crippen molar-refractivity contribution in [3.63, 3.8) is 0 Å². The molecule has 2 heterocycles. The molecule has 3 rings (SSSR count). The maximum Gasteiger partial charge on any atom is 0.0223 e. The third kappa shape index (κ3) is 2.45. The number of hydrogen-bond donors (Lipinski definition) is 1. The first kappa shape index (κ1) is 12.9. The van der Waals surface area contributed by atoms with Gasteiger partial charge in [-0.05, 0) is 58.7 Å². The van der Waals surface area contributed by atoms with Gasteiger partial charge in [0.1, 0.15) is 0 Å². The zero-order valence-corrected chi connectivity index (χ0v) is 12.1. The quantitative estimate of drug-likeness (QED) is 0.823. The molecule has 1 saturated carbocycles. The molecule has 3 aliphatic rings. The molecule has 2 aliphatic heterocycles. The topological polar surface area (TPSA) is 18.5 Å². The Morgan fingerprint density at radius 3 is 2.61 bits per heavy atom. The van der Waals surface area contributed by atoms with E-state index in [2.05, 4.69) is 29.1 Å². The summed E-state index contributed by atoms with van der Waals surface area (Å²) in [6.07, 6.45) is 8.46. The molecule has 3 heteroatoms. The summed E-state index contributed by atoms with van der Waals surface area (Å²) in [4.78, 5) is 5.48. The van der Waals surface area contributed by atoms with Crippen LogP contribution in [0.3, 0.4) is 0 Å². The fourth-order valence-electron chi connectivity index (χ4n) is 4.43. The second kappa shape index (κ2) is 5.48. The third-order valence-electron chi connectivity index (χ3n) is 5.59. The molecule has 1 aliphatic carbocycles. The zero-order chi connectivity index (χ0) is 12.5. The van der Waals surface area contributed by atoms with E-state index in [1.54, 1.807) is 0 Å². The number of fused-ring (bicyclic) bond motifs is 2. The van der Waals surface area contributed by atoms with Crippen molar-refractivity contribution in [3.8, 4) is 0 Å². The highest BCUT2D eigenvalue weighted by molar-refractivity contribution is 4.95. The second-order valence-corrected chi connectivity index (χ2v) is 6.56. The maximum absolute atomic E-state index is 3.63. The highest BCUT2D eigenvalue weighted by atomic mass is 15.3. The summed E-state index contributed by atoms with van der Waals surface area (Å²) in [5, 5.41) is 3.63. The fraction of sp³-hybridized carbons (Fsp3) is 1.00. The van der Waals surface area contributed by atoms with Gasteiger partial charge in [-0.15, -0.1) is 0 Å². The Morgan fingerprint density at radius 2 is 1.78 bits per heavy atom. The minimum absolute atomic E-state index is 0.790. The molecule has 3 fully saturated rings. The fourth-order valence-corrected chi connectivity index (χ4v) is 4.43. The molecule has 0 aromatic heterocycles. The predicted molar refractivity (Wildman–Crippen MR) is 75.9 cm³/mol. The molecule has 3 nitrogen and oxygen atoms in total. The molecule has 2 bridgehead atoms. The normalized spacial score (nSPS) is 42.3. The summed E-state index contributed by atoms with van der Waals surface area (Å²) in [6, 6.07) is 3.38. The minimum atomic E-state index is 0.790. The van der Waals surface area contributed by atoms with Gasteiger partial charge in [0.2, 0.25) is 0 Å². The van der Waals surface area contributed by atoms with E-state index in [1.165, 1.54) is 51.6 Å². The SMILES string of the molecule is CCNC1CCC(N2CCC3CCC(C2)N3C)C1. The van der Waals surface area contributed by atoms with Gasteiger partial charge in [-0.25, -0.2) is 0 Å². The summed E-state index contributed by atoms with van der Waals surface area (Å²) in [6.45, 7) is 6.03. The van der Waals surface area contributed by atoms with Crippen LogP contribution in [0.2, 0.25) is 0 Å². The van der Waals surface area contributed by atoms with Crippen LogP contribution in [0.15, 0.2) is 0 Å². The number of likely N-dealkylation sites (N-methyl/N-ethyl adjacent to an activating group) is 1. The van der Waals surface area contributed by atoms with E-state index in [0.29, 0.717) is 0 Å². The Morgan fingerprint density at radius 1 is 1.00 bits per heavy atom. The van der Waals surface area contributed by atoms with E-state index in [9.17, 15) is 0 Å². The highest BCUT2D eigenvalue weighted by Gasteiger charge is 2.38. The van der Waals surface area contributed by atoms with Crippen molar-refractivity contribution in [3.05, 3.63) is 0 Å². The third-order valence-corrected chi connectivity index (χ3v) is 5.59. The molecule has 104 valence electrons. The number of rotatable bonds is 3. The molecular formula is C15H29N3. The Hall–Kier alpha value is -0.120. The number of nitrogens with one attached hydrogen (secondary N) is 1. The molecule has 2 saturated heterocycles. The number of hydrogen-bond acceptors (Lipinski definition) is 3. The lowest BCUT2D eigenvalue weighted by Gasteiger charge is -2.31. The van der Waals surface area contributed by atoms with Crippen molar-refractivity contribution in [1.82, 2.24) is 15.1 Å². The van der Waals surface area contributed by atoms with E-state index < -0.39 is 0 Å². The largest absolute Gasteiger partial charge is 0.314 e. The molecule has 1 N–H and O–H groups in total. The molecule has 0 aromatic rings. The van der Waals surface area contributed by atoms with E-state index in [4.69, 9.17) is 0 Å². The second-order valence-electron chi connectivity index (χ2n) is 6.56. The predicted octanol–water partition coefficient (Wildman–Crippen LogP) is 1.69. The van der Waals surface area contributed by atoms with Gasteiger partial charge in [0.05, 0.1) is 0 Å². The van der Waals surface area contributed by atoms with Crippen LogP contribution >= 0.6 is 0 Å². The van der Waals surface area contributed by atoms with E-state index in [1.807, 2.05) is 0 Å². The monoisotopic (exact) mass is 251 g/mol. The first-order valence-corrected chi connectivity index (χ1v) is 7.97. The summed E-state index contributed by atoms with van der Waals surface area (Å²) in [5.41, 5.74) is 0. The van der Waals surface area contributed by atoms with Gasteiger partial charge in [-0.1, -0.05) is 6.92 Å².